The number of rotatable bonds is 7. The van der Waals surface area contributed by atoms with E-state index in [0.717, 1.165) is 23.5 Å². The molecule has 1 fully saturated rings. The number of carbonyl (C=O) groups excluding carboxylic acids is 1. The first-order valence-electron chi connectivity index (χ1n) is 10.4. The lowest BCUT2D eigenvalue weighted by Crippen LogP contribution is -2.42. The molecule has 2 aromatic rings. The molecule has 1 aromatic carbocycles. The highest BCUT2D eigenvalue weighted by Gasteiger charge is 2.30. The van der Waals surface area contributed by atoms with Gasteiger partial charge in [0.1, 0.15) is 11.9 Å². The van der Waals surface area contributed by atoms with Crippen molar-refractivity contribution in [3.8, 4) is 5.75 Å². The van der Waals surface area contributed by atoms with Crippen LogP contribution in [0.4, 0.5) is 13.2 Å². The van der Waals surface area contributed by atoms with Gasteiger partial charge in [0.15, 0.2) is 0 Å². The van der Waals surface area contributed by atoms with Gasteiger partial charge in [0.2, 0.25) is 5.91 Å². The molecule has 2 heterocycles. The minimum atomic E-state index is -4.36. The lowest BCUT2D eigenvalue weighted by molar-refractivity contribution is -0.140. The Kier molecular flexibility index (Phi) is 7.25. The third-order valence-electron chi connectivity index (χ3n) is 5.14. The van der Waals surface area contributed by atoms with Gasteiger partial charge < -0.3 is 14.4 Å². The van der Waals surface area contributed by atoms with Gasteiger partial charge in [0.05, 0.1) is 31.0 Å². The first-order chi connectivity index (χ1) is 14.6. The summed E-state index contributed by atoms with van der Waals surface area (Å²) < 4.78 is 51.1. The number of hydrogen-bond acceptors (Lipinski definition) is 4. The van der Waals surface area contributed by atoms with Crippen LogP contribution in [0.5, 0.6) is 5.75 Å². The number of nitrogens with zero attached hydrogens (tertiary/aromatic N) is 3. The number of amides is 1. The Hall–Kier alpha value is -2.55. The molecule has 1 aliphatic heterocycles. The highest BCUT2D eigenvalue weighted by Crippen LogP contribution is 2.30. The van der Waals surface area contributed by atoms with Crippen LogP contribution in [-0.2, 0) is 29.2 Å². The van der Waals surface area contributed by atoms with Crippen LogP contribution in [0.1, 0.15) is 43.3 Å². The summed E-state index contributed by atoms with van der Waals surface area (Å²) in [6.45, 7) is 5.88. The minimum Gasteiger partial charge on any atom is -0.493 e. The van der Waals surface area contributed by atoms with Gasteiger partial charge >= 0.3 is 6.18 Å². The summed E-state index contributed by atoms with van der Waals surface area (Å²) in [5.74, 6) is 0.814. The summed E-state index contributed by atoms with van der Waals surface area (Å²) in [6, 6.07) is 6.57. The van der Waals surface area contributed by atoms with Gasteiger partial charge in [-0.05, 0) is 36.2 Å². The second-order valence-electron chi connectivity index (χ2n) is 8.10. The number of aromatic nitrogens is 2. The van der Waals surface area contributed by atoms with Crippen LogP contribution in [0.3, 0.4) is 0 Å². The van der Waals surface area contributed by atoms with Gasteiger partial charge in [0.25, 0.3) is 0 Å². The Balaban J connectivity index is 1.55. The SMILES string of the molecule is CC(C)CC(=O)N1CCO[C@@H](c2cc(CCOc3ccc(C(F)(F)F)cc3)n(C)n2)C1. The van der Waals surface area contributed by atoms with E-state index in [1.807, 2.05) is 31.9 Å². The van der Waals surface area contributed by atoms with Crippen molar-refractivity contribution in [2.24, 2.45) is 13.0 Å². The molecule has 9 heteroatoms. The number of hydrogen-bond donors (Lipinski definition) is 0. The Morgan fingerprint density at radius 2 is 2.00 bits per heavy atom. The van der Waals surface area contributed by atoms with Gasteiger partial charge in [-0.2, -0.15) is 18.3 Å². The molecule has 1 atom stereocenters. The fourth-order valence-corrected chi connectivity index (χ4v) is 3.47. The van der Waals surface area contributed by atoms with E-state index in [0.29, 0.717) is 50.8 Å². The Morgan fingerprint density at radius 1 is 1.29 bits per heavy atom. The van der Waals surface area contributed by atoms with Crippen molar-refractivity contribution < 1.29 is 27.4 Å². The van der Waals surface area contributed by atoms with E-state index in [1.54, 1.807) is 4.68 Å². The van der Waals surface area contributed by atoms with E-state index in [4.69, 9.17) is 9.47 Å². The topological polar surface area (TPSA) is 56.6 Å². The molecule has 0 saturated carbocycles. The van der Waals surface area contributed by atoms with Gasteiger partial charge in [-0.25, -0.2) is 0 Å². The molecular weight excluding hydrogens is 411 g/mol. The third-order valence-corrected chi connectivity index (χ3v) is 5.14. The molecule has 3 rings (SSSR count). The van der Waals surface area contributed by atoms with Crippen molar-refractivity contribution in [3.05, 3.63) is 47.3 Å². The van der Waals surface area contributed by atoms with Gasteiger partial charge in [-0.3, -0.25) is 9.48 Å². The molecule has 31 heavy (non-hydrogen) atoms. The molecule has 0 radical (unpaired) electrons. The highest BCUT2D eigenvalue weighted by atomic mass is 19.4. The van der Waals surface area contributed by atoms with Gasteiger partial charge in [-0.15, -0.1) is 0 Å². The Labute approximate surface area is 179 Å². The van der Waals surface area contributed by atoms with Crippen molar-refractivity contribution >= 4 is 5.91 Å². The van der Waals surface area contributed by atoms with Crippen molar-refractivity contribution in [1.82, 2.24) is 14.7 Å². The maximum Gasteiger partial charge on any atom is 0.416 e. The lowest BCUT2D eigenvalue weighted by Gasteiger charge is -2.32. The molecule has 1 aromatic heterocycles. The summed E-state index contributed by atoms with van der Waals surface area (Å²) in [5, 5.41) is 4.53. The van der Waals surface area contributed by atoms with Crippen molar-refractivity contribution in [2.75, 3.05) is 26.3 Å². The van der Waals surface area contributed by atoms with Gasteiger partial charge in [-0.1, -0.05) is 13.8 Å². The standard InChI is InChI=1S/C22H28F3N3O3/c1-15(2)12-21(29)28-9-11-31-20(14-28)19-13-17(27(3)26-19)8-10-30-18-6-4-16(5-7-18)22(23,24)25/h4-7,13,15,20H,8-12,14H2,1-3H3/t20-/m1/s1. The zero-order valence-electron chi connectivity index (χ0n) is 18.0. The zero-order valence-corrected chi connectivity index (χ0v) is 18.0. The van der Waals surface area contributed by atoms with E-state index in [1.165, 1.54) is 12.1 Å². The molecular formula is C22H28F3N3O3. The second kappa shape index (κ2) is 9.72. The lowest BCUT2D eigenvalue weighted by atomic mass is 10.1. The molecule has 1 amide bonds. The number of carbonyl (C=O) groups is 1. The predicted octanol–water partition coefficient (Wildman–Crippen LogP) is 4.01. The summed E-state index contributed by atoms with van der Waals surface area (Å²) in [5.41, 5.74) is 0.967. The fraction of sp³-hybridized carbons (Fsp3) is 0.545. The van der Waals surface area contributed by atoms with Crippen LogP contribution in [0.2, 0.25) is 0 Å². The van der Waals surface area contributed by atoms with E-state index in [-0.39, 0.29) is 12.0 Å². The average Bonchev–Trinajstić information content (AvgIpc) is 3.08. The number of ether oxygens (including phenoxy) is 2. The Bertz CT molecular complexity index is 878. The largest absolute Gasteiger partial charge is 0.493 e. The van der Waals surface area contributed by atoms with Crippen LogP contribution in [0.25, 0.3) is 0 Å². The molecule has 0 unspecified atom stereocenters. The highest BCUT2D eigenvalue weighted by molar-refractivity contribution is 5.76. The van der Waals surface area contributed by atoms with Crippen LogP contribution in [-0.4, -0.2) is 46.9 Å². The zero-order chi connectivity index (χ0) is 22.6. The fourth-order valence-electron chi connectivity index (χ4n) is 3.47. The van der Waals surface area contributed by atoms with Crippen molar-refractivity contribution in [2.45, 2.75) is 39.0 Å². The minimum absolute atomic E-state index is 0.129. The van der Waals surface area contributed by atoms with Crippen LogP contribution >= 0.6 is 0 Å². The number of halogens is 3. The van der Waals surface area contributed by atoms with Gasteiger partial charge in [0, 0.05) is 32.1 Å². The average molecular weight is 439 g/mol. The van der Waals surface area contributed by atoms with Crippen LogP contribution in [0.15, 0.2) is 30.3 Å². The molecule has 0 bridgehead atoms. The Morgan fingerprint density at radius 3 is 2.65 bits per heavy atom. The van der Waals surface area contributed by atoms with Crippen LogP contribution < -0.4 is 4.74 Å². The number of morpholine rings is 1. The summed E-state index contributed by atoms with van der Waals surface area (Å²) in [4.78, 5) is 14.2. The number of alkyl halides is 3. The van der Waals surface area contributed by atoms with Crippen molar-refractivity contribution in [1.29, 1.82) is 0 Å². The molecule has 0 aliphatic carbocycles. The number of benzene rings is 1. The quantitative estimate of drug-likeness (QED) is 0.654. The second-order valence-corrected chi connectivity index (χ2v) is 8.10. The molecule has 1 saturated heterocycles. The molecule has 6 nitrogen and oxygen atoms in total. The summed E-state index contributed by atoms with van der Waals surface area (Å²) >= 11 is 0. The first-order valence-corrected chi connectivity index (χ1v) is 10.4. The molecule has 1 aliphatic rings. The predicted molar refractivity (Wildman–Crippen MR) is 109 cm³/mol. The molecule has 0 N–H and O–H groups in total. The summed E-state index contributed by atoms with van der Waals surface area (Å²) in [7, 11) is 1.82. The number of aryl methyl sites for hydroxylation is 1. The molecule has 170 valence electrons. The van der Waals surface area contributed by atoms with E-state index in [2.05, 4.69) is 5.10 Å². The monoisotopic (exact) mass is 439 g/mol. The first kappa shape index (κ1) is 23.1. The van der Waals surface area contributed by atoms with Crippen molar-refractivity contribution in [3.63, 3.8) is 0 Å². The maximum absolute atomic E-state index is 12.6. The third kappa shape index (κ3) is 6.22. The summed E-state index contributed by atoms with van der Waals surface area (Å²) in [6.07, 6.45) is -3.59. The smallest absolute Gasteiger partial charge is 0.416 e. The maximum atomic E-state index is 12.6. The normalized spacial score (nSPS) is 17.3. The molecule has 0 spiro atoms. The van der Waals surface area contributed by atoms with E-state index < -0.39 is 11.7 Å². The van der Waals surface area contributed by atoms with E-state index >= 15 is 0 Å². The van der Waals surface area contributed by atoms with E-state index in [9.17, 15) is 18.0 Å². The van der Waals surface area contributed by atoms with Crippen LogP contribution in [0, 0.1) is 5.92 Å².